The van der Waals surface area contributed by atoms with Crippen LogP contribution >= 0.6 is 0 Å². The molecule has 0 aliphatic rings. The van der Waals surface area contributed by atoms with Crippen LogP contribution in [0.4, 0.5) is 4.39 Å². The summed E-state index contributed by atoms with van der Waals surface area (Å²) in [5.41, 5.74) is 0.564. The molecule has 0 saturated heterocycles. The SMILES string of the molecule is CC(C)C(C)CNC(=O)c1cc(C#CCCO)ccc1F. The topological polar surface area (TPSA) is 49.3 Å². The van der Waals surface area contributed by atoms with Crippen LogP contribution in [0.25, 0.3) is 0 Å². The van der Waals surface area contributed by atoms with E-state index in [-0.39, 0.29) is 12.2 Å². The summed E-state index contributed by atoms with van der Waals surface area (Å²) in [7, 11) is 0. The number of rotatable bonds is 5. The highest BCUT2D eigenvalue weighted by molar-refractivity contribution is 5.94. The standard InChI is InChI=1S/C17H22FNO2/c1-12(2)13(3)11-19-17(21)15-10-14(6-4-5-9-20)7-8-16(15)18/h7-8,10,12-13,20H,5,9,11H2,1-3H3,(H,19,21). The highest BCUT2D eigenvalue weighted by Crippen LogP contribution is 2.12. The van der Waals surface area contributed by atoms with E-state index in [1.165, 1.54) is 18.2 Å². The van der Waals surface area contributed by atoms with E-state index in [1.807, 2.05) is 6.92 Å². The van der Waals surface area contributed by atoms with Gasteiger partial charge in [-0.2, -0.15) is 0 Å². The van der Waals surface area contributed by atoms with E-state index in [2.05, 4.69) is 31.0 Å². The minimum Gasteiger partial charge on any atom is -0.395 e. The van der Waals surface area contributed by atoms with Crippen LogP contribution in [0.1, 0.15) is 43.1 Å². The Balaban J connectivity index is 2.79. The number of hydrogen-bond acceptors (Lipinski definition) is 2. The summed E-state index contributed by atoms with van der Waals surface area (Å²) < 4.78 is 13.7. The highest BCUT2D eigenvalue weighted by atomic mass is 19.1. The van der Waals surface area contributed by atoms with Crippen LogP contribution in [0.15, 0.2) is 18.2 Å². The second kappa shape index (κ2) is 8.43. The number of carbonyl (C=O) groups excluding carboxylic acids is 1. The van der Waals surface area contributed by atoms with E-state index in [4.69, 9.17) is 5.11 Å². The molecule has 2 N–H and O–H groups in total. The van der Waals surface area contributed by atoms with Gasteiger partial charge in [-0.1, -0.05) is 32.6 Å². The highest BCUT2D eigenvalue weighted by Gasteiger charge is 2.14. The molecular formula is C17H22FNO2. The summed E-state index contributed by atoms with van der Waals surface area (Å²) in [5.74, 6) is 5.33. The lowest BCUT2D eigenvalue weighted by molar-refractivity contribution is 0.0941. The van der Waals surface area contributed by atoms with Gasteiger partial charge in [-0.15, -0.1) is 0 Å². The van der Waals surface area contributed by atoms with Crippen molar-refractivity contribution < 1.29 is 14.3 Å². The van der Waals surface area contributed by atoms with Gasteiger partial charge in [-0.3, -0.25) is 4.79 Å². The molecule has 114 valence electrons. The minimum atomic E-state index is -0.558. The largest absolute Gasteiger partial charge is 0.395 e. The Morgan fingerprint density at radius 2 is 2.10 bits per heavy atom. The van der Waals surface area contributed by atoms with Crippen molar-refractivity contribution in [2.75, 3.05) is 13.2 Å². The van der Waals surface area contributed by atoms with Gasteiger partial charge in [0.15, 0.2) is 0 Å². The summed E-state index contributed by atoms with van der Waals surface area (Å²) in [6.45, 7) is 6.69. The molecule has 0 spiro atoms. The molecule has 1 atom stereocenters. The van der Waals surface area contributed by atoms with Gasteiger partial charge >= 0.3 is 0 Å². The van der Waals surface area contributed by atoms with Gasteiger partial charge in [0.1, 0.15) is 5.82 Å². The van der Waals surface area contributed by atoms with E-state index < -0.39 is 11.7 Å². The molecule has 0 radical (unpaired) electrons. The Bertz CT molecular complexity index is 543. The molecular weight excluding hydrogens is 269 g/mol. The lowest BCUT2D eigenvalue weighted by atomic mass is 9.98. The average molecular weight is 291 g/mol. The Kier molecular flexibility index (Phi) is 6.90. The first-order chi connectivity index (χ1) is 9.95. The van der Waals surface area contributed by atoms with Gasteiger partial charge in [-0.05, 0) is 30.0 Å². The predicted molar refractivity (Wildman–Crippen MR) is 81.3 cm³/mol. The van der Waals surface area contributed by atoms with Crippen molar-refractivity contribution in [1.82, 2.24) is 5.32 Å². The summed E-state index contributed by atoms with van der Waals surface area (Å²) in [6, 6.07) is 4.20. The van der Waals surface area contributed by atoms with Crippen LogP contribution in [0.3, 0.4) is 0 Å². The van der Waals surface area contributed by atoms with E-state index in [0.29, 0.717) is 30.4 Å². The molecule has 21 heavy (non-hydrogen) atoms. The van der Waals surface area contributed by atoms with Crippen LogP contribution in [-0.4, -0.2) is 24.2 Å². The first kappa shape index (κ1) is 17.2. The smallest absolute Gasteiger partial charge is 0.254 e. The lowest BCUT2D eigenvalue weighted by Crippen LogP contribution is -2.30. The van der Waals surface area contributed by atoms with Gasteiger partial charge in [0.05, 0.1) is 12.2 Å². The maximum absolute atomic E-state index is 13.7. The van der Waals surface area contributed by atoms with Crippen molar-refractivity contribution in [2.45, 2.75) is 27.2 Å². The van der Waals surface area contributed by atoms with Crippen LogP contribution in [0.2, 0.25) is 0 Å². The van der Waals surface area contributed by atoms with Crippen LogP contribution in [-0.2, 0) is 0 Å². The Morgan fingerprint density at radius 3 is 2.71 bits per heavy atom. The average Bonchev–Trinajstić information content (AvgIpc) is 2.46. The van der Waals surface area contributed by atoms with Crippen molar-refractivity contribution >= 4 is 5.91 Å². The lowest BCUT2D eigenvalue weighted by Gasteiger charge is -2.16. The summed E-state index contributed by atoms with van der Waals surface area (Å²) in [5, 5.41) is 11.4. The fraction of sp³-hybridized carbons (Fsp3) is 0.471. The van der Waals surface area contributed by atoms with Crippen LogP contribution < -0.4 is 5.32 Å². The number of halogens is 1. The molecule has 0 heterocycles. The molecule has 0 aliphatic heterocycles. The molecule has 1 aromatic rings. The number of aliphatic hydroxyl groups excluding tert-OH is 1. The third-order valence-corrected chi connectivity index (χ3v) is 3.40. The molecule has 4 heteroatoms. The molecule has 3 nitrogen and oxygen atoms in total. The molecule has 0 saturated carbocycles. The van der Waals surface area contributed by atoms with E-state index in [0.717, 1.165) is 0 Å². The summed E-state index contributed by atoms with van der Waals surface area (Å²) in [6.07, 6.45) is 0.352. The van der Waals surface area contributed by atoms with Crippen molar-refractivity contribution in [3.8, 4) is 11.8 Å². The van der Waals surface area contributed by atoms with E-state index >= 15 is 0 Å². The normalized spacial score (nSPS) is 11.7. The first-order valence-electron chi connectivity index (χ1n) is 7.13. The van der Waals surface area contributed by atoms with Gasteiger partial charge in [-0.25, -0.2) is 4.39 Å². The van der Waals surface area contributed by atoms with Gasteiger partial charge in [0.25, 0.3) is 5.91 Å². The maximum atomic E-state index is 13.7. The van der Waals surface area contributed by atoms with Gasteiger partial charge in [0, 0.05) is 18.5 Å². The Labute approximate surface area is 125 Å². The zero-order valence-electron chi connectivity index (χ0n) is 12.7. The third-order valence-electron chi connectivity index (χ3n) is 3.40. The van der Waals surface area contributed by atoms with E-state index in [1.54, 1.807) is 0 Å². The molecule has 0 bridgehead atoms. The summed E-state index contributed by atoms with van der Waals surface area (Å²) >= 11 is 0. The van der Waals surface area contributed by atoms with Crippen LogP contribution in [0, 0.1) is 29.5 Å². The second-order valence-electron chi connectivity index (χ2n) is 5.40. The first-order valence-corrected chi connectivity index (χ1v) is 7.13. The fourth-order valence-corrected chi connectivity index (χ4v) is 1.58. The Morgan fingerprint density at radius 1 is 1.38 bits per heavy atom. The zero-order valence-corrected chi connectivity index (χ0v) is 12.7. The zero-order chi connectivity index (χ0) is 15.8. The molecule has 1 rings (SSSR count). The van der Waals surface area contributed by atoms with Crippen molar-refractivity contribution in [2.24, 2.45) is 11.8 Å². The maximum Gasteiger partial charge on any atom is 0.254 e. The number of carbonyl (C=O) groups is 1. The van der Waals surface area contributed by atoms with Crippen LogP contribution in [0.5, 0.6) is 0 Å². The summed E-state index contributed by atoms with van der Waals surface area (Å²) in [4.78, 5) is 12.0. The fourth-order valence-electron chi connectivity index (χ4n) is 1.58. The number of nitrogens with one attached hydrogen (secondary N) is 1. The Hall–Kier alpha value is -1.86. The van der Waals surface area contributed by atoms with Crippen molar-refractivity contribution in [1.29, 1.82) is 0 Å². The third kappa shape index (κ3) is 5.57. The number of hydrogen-bond donors (Lipinski definition) is 2. The van der Waals surface area contributed by atoms with Gasteiger partial charge in [0.2, 0.25) is 0 Å². The predicted octanol–water partition coefficient (Wildman–Crippen LogP) is 2.58. The minimum absolute atomic E-state index is 0.00162. The molecule has 0 aromatic heterocycles. The molecule has 1 amide bonds. The second-order valence-corrected chi connectivity index (χ2v) is 5.40. The quantitative estimate of drug-likeness (QED) is 0.819. The molecule has 0 fully saturated rings. The molecule has 0 aliphatic carbocycles. The number of benzene rings is 1. The monoisotopic (exact) mass is 291 g/mol. The van der Waals surface area contributed by atoms with Crippen molar-refractivity contribution in [3.05, 3.63) is 35.1 Å². The van der Waals surface area contributed by atoms with E-state index in [9.17, 15) is 9.18 Å². The molecule has 1 aromatic carbocycles. The number of amides is 1. The number of aliphatic hydroxyl groups is 1. The molecule has 1 unspecified atom stereocenters. The van der Waals surface area contributed by atoms with Gasteiger partial charge < -0.3 is 10.4 Å². The van der Waals surface area contributed by atoms with Crippen molar-refractivity contribution in [3.63, 3.8) is 0 Å².